The SMILES string of the molecule is CCCC=O.CNc1cc(C=O)ccn1.CO. The fourth-order valence-electron chi connectivity index (χ4n) is 0.775. The maximum Gasteiger partial charge on any atom is 0.150 e. The van der Waals surface area contributed by atoms with Gasteiger partial charge in [-0.05, 0) is 18.6 Å². The Labute approximate surface area is 102 Å². The van der Waals surface area contributed by atoms with Crippen LogP contribution < -0.4 is 5.32 Å². The van der Waals surface area contributed by atoms with Crippen LogP contribution in [-0.2, 0) is 4.79 Å². The molecule has 0 saturated carbocycles. The summed E-state index contributed by atoms with van der Waals surface area (Å²) in [5.41, 5.74) is 0.638. The van der Waals surface area contributed by atoms with Crippen molar-refractivity contribution >= 4 is 18.4 Å². The summed E-state index contributed by atoms with van der Waals surface area (Å²) in [7, 11) is 2.76. The monoisotopic (exact) mass is 240 g/mol. The fourth-order valence-corrected chi connectivity index (χ4v) is 0.775. The Morgan fingerprint density at radius 3 is 2.41 bits per heavy atom. The zero-order chi connectivity index (χ0) is 13.5. The van der Waals surface area contributed by atoms with E-state index in [0.29, 0.717) is 17.8 Å². The van der Waals surface area contributed by atoms with Crippen LogP contribution >= 0.6 is 0 Å². The van der Waals surface area contributed by atoms with Crippen LogP contribution in [0.1, 0.15) is 30.1 Å². The van der Waals surface area contributed by atoms with Gasteiger partial charge in [0, 0.05) is 32.3 Å². The molecule has 1 aromatic rings. The highest BCUT2D eigenvalue weighted by molar-refractivity contribution is 5.75. The predicted octanol–water partition coefficient (Wildman–Crippen LogP) is 1.53. The quantitative estimate of drug-likeness (QED) is 0.780. The molecule has 17 heavy (non-hydrogen) atoms. The van der Waals surface area contributed by atoms with Gasteiger partial charge in [0.15, 0.2) is 0 Å². The molecule has 2 N–H and O–H groups in total. The molecular weight excluding hydrogens is 220 g/mol. The first kappa shape index (κ1) is 17.6. The number of aldehydes is 2. The molecule has 5 heteroatoms. The molecular formula is C12H20N2O3. The molecule has 0 saturated heterocycles. The van der Waals surface area contributed by atoms with Gasteiger partial charge in [-0.1, -0.05) is 6.92 Å². The Morgan fingerprint density at radius 1 is 1.41 bits per heavy atom. The first-order valence-electron chi connectivity index (χ1n) is 5.25. The zero-order valence-electron chi connectivity index (χ0n) is 10.5. The van der Waals surface area contributed by atoms with Crippen molar-refractivity contribution < 1.29 is 14.7 Å². The number of carbonyl (C=O) groups is 2. The molecule has 0 unspecified atom stereocenters. The first-order valence-corrected chi connectivity index (χ1v) is 5.25. The van der Waals surface area contributed by atoms with Crippen molar-refractivity contribution in [1.82, 2.24) is 4.98 Å². The van der Waals surface area contributed by atoms with Crippen molar-refractivity contribution in [3.05, 3.63) is 23.9 Å². The van der Waals surface area contributed by atoms with Gasteiger partial charge >= 0.3 is 0 Å². The summed E-state index contributed by atoms with van der Waals surface area (Å²) in [5.74, 6) is 0.713. The summed E-state index contributed by atoms with van der Waals surface area (Å²) in [6.45, 7) is 1.98. The number of aliphatic hydroxyl groups is 1. The fraction of sp³-hybridized carbons (Fsp3) is 0.417. The molecule has 0 amide bonds. The molecule has 0 bridgehead atoms. The maximum atomic E-state index is 10.2. The van der Waals surface area contributed by atoms with Gasteiger partial charge in [-0.25, -0.2) is 4.98 Å². The van der Waals surface area contributed by atoms with Crippen LogP contribution in [0.3, 0.4) is 0 Å². The summed E-state index contributed by atoms with van der Waals surface area (Å²) in [5, 5.41) is 9.83. The number of aliphatic hydroxyl groups excluding tert-OH is 1. The van der Waals surface area contributed by atoms with Crippen molar-refractivity contribution in [3.8, 4) is 0 Å². The van der Waals surface area contributed by atoms with Crippen molar-refractivity contribution in [1.29, 1.82) is 0 Å². The van der Waals surface area contributed by atoms with E-state index in [-0.39, 0.29) is 0 Å². The van der Waals surface area contributed by atoms with E-state index in [9.17, 15) is 9.59 Å². The number of nitrogens with zero attached hydrogens (tertiary/aromatic N) is 1. The number of hydrogen-bond acceptors (Lipinski definition) is 5. The molecule has 1 aromatic heterocycles. The van der Waals surface area contributed by atoms with Gasteiger partial charge < -0.3 is 15.2 Å². The second-order valence-corrected chi connectivity index (χ2v) is 2.80. The Morgan fingerprint density at radius 2 is 2.06 bits per heavy atom. The summed E-state index contributed by atoms with van der Waals surface area (Å²) in [6, 6.07) is 3.35. The maximum absolute atomic E-state index is 10.2. The van der Waals surface area contributed by atoms with Gasteiger partial charge in [0.2, 0.25) is 0 Å². The number of hydrogen-bond donors (Lipinski definition) is 2. The molecule has 0 aliphatic heterocycles. The highest BCUT2D eigenvalue weighted by Gasteiger charge is 1.90. The molecule has 0 aromatic carbocycles. The van der Waals surface area contributed by atoms with Crippen LogP contribution in [-0.4, -0.2) is 36.8 Å². The van der Waals surface area contributed by atoms with Crippen molar-refractivity contribution in [2.45, 2.75) is 19.8 Å². The van der Waals surface area contributed by atoms with Crippen LogP contribution in [0.15, 0.2) is 18.3 Å². The van der Waals surface area contributed by atoms with Gasteiger partial charge in [0.05, 0.1) is 0 Å². The van der Waals surface area contributed by atoms with E-state index in [1.54, 1.807) is 25.4 Å². The van der Waals surface area contributed by atoms with E-state index in [0.717, 1.165) is 26.1 Å². The van der Waals surface area contributed by atoms with Gasteiger partial charge in [-0.15, -0.1) is 0 Å². The summed E-state index contributed by atoms with van der Waals surface area (Å²) >= 11 is 0. The lowest BCUT2D eigenvalue weighted by Gasteiger charge is -1.96. The van der Waals surface area contributed by atoms with Crippen LogP contribution in [0.25, 0.3) is 0 Å². The molecule has 5 nitrogen and oxygen atoms in total. The highest BCUT2D eigenvalue weighted by Crippen LogP contribution is 2.02. The normalized spacial score (nSPS) is 7.76. The second kappa shape index (κ2) is 14.2. The summed E-state index contributed by atoms with van der Waals surface area (Å²) in [6.07, 6.45) is 5.00. The van der Waals surface area contributed by atoms with E-state index < -0.39 is 0 Å². The number of pyridine rings is 1. The van der Waals surface area contributed by atoms with Gasteiger partial charge in [0.25, 0.3) is 0 Å². The Balaban J connectivity index is 0. The number of aromatic nitrogens is 1. The lowest BCUT2D eigenvalue weighted by Crippen LogP contribution is -1.92. The van der Waals surface area contributed by atoms with Gasteiger partial charge in [-0.2, -0.15) is 0 Å². The van der Waals surface area contributed by atoms with E-state index in [4.69, 9.17) is 5.11 Å². The molecule has 0 radical (unpaired) electrons. The second-order valence-electron chi connectivity index (χ2n) is 2.80. The van der Waals surface area contributed by atoms with Crippen LogP contribution in [0, 0.1) is 0 Å². The minimum absolute atomic E-state index is 0.638. The molecule has 0 atom stereocenters. The largest absolute Gasteiger partial charge is 0.400 e. The average molecular weight is 240 g/mol. The van der Waals surface area contributed by atoms with Crippen molar-refractivity contribution in [2.75, 3.05) is 19.5 Å². The smallest absolute Gasteiger partial charge is 0.150 e. The van der Waals surface area contributed by atoms with Crippen LogP contribution in [0.2, 0.25) is 0 Å². The van der Waals surface area contributed by atoms with E-state index >= 15 is 0 Å². The molecule has 96 valence electrons. The number of unbranched alkanes of at least 4 members (excludes halogenated alkanes) is 1. The lowest BCUT2D eigenvalue weighted by atomic mass is 10.3. The molecule has 0 spiro atoms. The number of rotatable bonds is 4. The van der Waals surface area contributed by atoms with Gasteiger partial charge in [0.1, 0.15) is 18.4 Å². The number of nitrogens with one attached hydrogen (secondary N) is 1. The van der Waals surface area contributed by atoms with Crippen LogP contribution in [0.4, 0.5) is 5.82 Å². The number of anilines is 1. The number of carbonyl (C=O) groups excluding carboxylic acids is 2. The van der Waals surface area contributed by atoms with Crippen molar-refractivity contribution in [2.24, 2.45) is 0 Å². The molecule has 1 rings (SSSR count). The first-order chi connectivity index (χ1) is 8.28. The summed E-state index contributed by atoms with van der Waals surface area (Å²) < 4.78 is 0. The van der Waals surface area contributed by atoms with E-state index in [1.807, 2.05) is 6.92 Å². The standard InChI is InChI=1S/C7H8N2O.C4H8O.CH4O/c1-8-7-4-6(5-10)2-3-9-7;1-2-3-4-5;1-2/h2-5H,1H3,(H,8,9);4H,2-3H2,1H3;2H,1H3. The zero-order valence-corrected chi connectivity index (χ0v) is 10.5. The van der Waals surface area contributed by atoms with Gasteiger partial charge in [-0.3, -0.25) is 4.79 Å². The molecule has 0 aliphatic carbocycles. The molecule has 0 aliphatic rings. The Kier molecular flexibility index (Phi) is 14.8. The topological polar surface area (TPSA) is 79.3 Å². The third-order valence-electron chi connectivity index (χ3n) is 1.58. The van der Waals surface area contributed by atoms with E-state index in [2.05, 4.69) is 10.3 Å². The molecule has 0 fully saturated rings. The third-order valence-corrected chi connectivity index (χ3v) is 1.58. The Hall–Kier alpha value is -1.75. The lowest BCUT2D eigenvalue weighted by molar-refractivity contribution is -0.107. The van der Waals surface area contributed by atoms with Crippen LogP contribution in [0.5, 0.6) is 0 Å². The van der Waals surface area contributed by atoms with Crippen molar-refractivity contribution in [3.63, 3.8) is 0 Å². The average Bonchev–Trinajstić information content (AvgIpc) is 2.42. The molecule has 1 heterocycles. The predicted molar refractivity (Wildman–Crippen MR) is 68.3 cm³/mol. The Bertz CT molecular complexity index is 304. The summed E-state index contributed by atoms with van der Waals surface area (Å²) in [4.78, 5) is 23.6. The third kappa shape index (κ3) is 10.5. The minimum Gasteiger partial charge on any atom is -0.400 e. The highest BCUT2D eigenvalue weighted by atomic mass is 16.2. The van der Waals surface area contributed by atoms with E-state index in [1.165, 1.54) is 0 Å². The minimum atomic E-state index is 0.638.